The van der Waals surface area contributed by atoms with E-state index in [-0.39, 0.29) is 25.2 Å². The molecule has 18 heavy (non-hydrogen) atoms. The van der Waals surface area contributed by atoms with Gasteiger partial charge in [-0.1, -0.05) is 40.5 Å². The predicted molar refractivity (Wildman–Crippen MR) is 72.3 cm³/mol. The van der Waals surface area contributed by atoms with Crippen molar-refractivity contribution in [1.82, 2.24) is 5.32 Å². The first-order valence-corrected chi connectivity index (χ1v) is 6.54. The maximum atomic E-state index is 11.9. The molecule has 4 nitrogen and oxygen atoms in total. The maximum Gasteiger partial charge on any atom is 0.326 e. The molecule has 1 aliphatic rings. The van der Waals surface area contributed by atoms with Crippen molar-refractivity contribution in [3.05, 3.63) is 0 Å². The molecule has 1 fully saturated rings. The second kappa shape index (κ2) is 8.11. The van der Waals surface area contributed by atoms with E-state index in [0.717, 1.165) is 25.7 Å². The highest BCUT2D eigenvalue weighted by Crippen LogP contribution is 2.23. The summed E-state index contributed by atoms with van der Waals surface area (Å²) >= 11 is 0. The second-order valence-electron chi connectivity index (χ2n) is 5.36. The van der Waals surface area contributed by atoms with E-state index in [1.165, 1.54) is 6.42 Å². The van der Waals surface area contributed by atoms with Gasteiger partial charge in [-0.05, 0) is 25.2 Å². The van der Waals surface area contributed by atoms with Gasteiger partial charge in [0.15, 0.2) is 0 Å². The van der Waals surface area contributed by atoms with E-state index in [1.807, 2.05) is 13.8 Å². The van der Waals surface area contributed by atoms with Crippen LogP contribution in [-0.4, -0.2) is 23.0 Å². The quantitative estimate of drug-likeness (QED) is 0.796. The lowest BCUT2D eigenvalue weighted by Gasteiger charge is -2.23. The van der Waals surface area contributed by atoms with Gasteiger partial charge in [-0.25, -0.2) is 4.79 Å². The number of hydrogen-bond acceptors (Lipinski definition) is 2. The molecular formula is C14H27NO3. The van der Waals surface area contributed by atoms with E-state index in [2.05, 4.69) is 5.32 Å². The third-order valence-corrected chi connectivity index (χ3v) is 3.30. The molecule has 0 unspecified atom stereocenters. The Balaban J connectivity index is 0.00000289. The molecule has 1 amide bonds. The minimum atomic E-state index is -0.928. The van der Waals surface area contributed by atoms with Gasteiger partial charge in [0, 0.05) is 5.92 Å². The minimum Gasteiger partial charge on any atom is -0.480 e. The normalized spacial score (nSPS) is 17.9. The topological polar surface area (TPSA) is 66.4 Å². The number of rotatable bonds is 5. The molecule has 1 saturated carbocycles. The fourth-order valence-electron chi connectivity index (χ4n) is 2.35. The van der Waals surface area contributed by atoms with Crippen LogP contribution in [0.2, 0.25) is 0 Å². The first-order chi connectivity index (χ1) is 8.00. The molecule has 0 radical (unpaired) electrons. The molecule has 0 bridgehead atoms. The van der Waals surface area contributed by atoms with E-state index in [0.29, 0.717) is 6.42 Å². The Bertz CT molecular complexity index is 270. The predicted octanol–water partition coefficient (Wildman–Crippen LogP) is 2.82. The summed E-state index contributed by atoms with van der Waals surface area (Å²) in [7, 11) is 0. The average molecular weight is 257 g/mol. The molecule has 0 aromatic carbocycles. The van der Waals surface area contributed by atoms with Gasteiger partial charge in [0.2, 0.25) is 5.91 Å². The zero-order chi connectivity index (χ0) is 12.8. The van der Waals surface area contributed by atoms with Crippen molar-refractivity contribution in [2.24, 2.45) is 11.8 Å². The van der Waals surface area contributed by atoms with Crippen LogP contribution in [-0.2, 0) is 9.59 Å². The fraction of sp³-hybridized carbons (Fsp3) is 0.857. The molecule has 4 heteroatoms. The Labute approximate surface area is 110 Å². The summed E-state index contributed by atoms with van der Waals surface area (Å²) in [4.78, 5) is 23.0. The lowest BCUT2D eigenvalue weighted by molar-refractivity contribution is -0.143. The Kier molecular flexibility index (Phi) is 7.64. The van der Waals surface area contributed by atoms with Crippen LogP contribution in [0.15, 0.2) is 0 Å². The van der Waals surface area contributed by atoms with E-state index in [9.17, 15) is 9.59 Å². The van der Waals surface area contributed by atoms with Crippen LogP contribution in [0.5, 0.6) is 0 Å². The van der Waals surface area contributed by atoms with Gasteiger partial charge in [-0.15, -0.1) is 0 Å². The average Bonchev–Trinajstić information content (AvgIpc) is 2.28. The van der Waals surface area contributed by atoms with Gasteiger partial charge in [-0.3, -0.25) is 4.79 Å². The SMILES string of the molecule is C.CC(C)C[C@H](NC(=O)C1CCCCC1)C(=O)O. The van der Waals surface area contributed by atoms with Crippen molar-refractivity contribution in [1.29, 1.82) is 0 Å². The van der Waals surface area contributed by atoms with E-state index in [1.54, 1.807) is 0 Å². The highest BCUT2D eigenvalue weighted by molar-refractivity contribution is 5.84. The minimum absolute atomic E-state index is 0. The van der Waals surface area contributed by atoms with E-state index >= 15 is 0 Å². The van der Waals surface area contributed by atoms with Crippen molar-refractivity contribution in [3.8, 4) is 0 Å². The first-order valence-electron chi connectivity index (χ1n) is 6.54. The van der Waals surface area contributed by atoms with Crippen molar-refractivity contribution >= 4 is 11.9 Å². The molecule has 0 heterocycles. The molecule has 0 spiro atoms. The summed E-state index contributed by atoms with van der Waals surface area (Å²) in [6.45, 7) is 3.92. The monoisotopic (exact) mass is 257 g/mol. The second-order valence-corrected chi connectivity index (χ2v) is 5.36. The van der Waals surface area contributed by atoms with Gasteiger partial charge in [0.05, 0.1) is 0 Å². The Morgan fingerprint density at radius 3 is 2.22 bits per heavy atom. The highest BCUT2D eigenvalue weighted by Gasteiger charge is 2.26. The van der Waals surface area contributed by atoms with Crippen LogP contribution in [0.1, 0.15) is 59.8 Å². The number of carbonyl (C=O) groups excluding carboxylic acids is 1. The fourth-order valence-corrected chi connectivity index (χ4v) is 2.35. The summed E-state index contributed by atoms with van der Waals surface area (Å²) in [6, 6.07) is -0.732. The summed E-state index contributed by atoms with van der Waals surface area (Å²) in [5.41, 5.74) is 0. The molecular weight excluding hydrogens is 230 g/mol. The zero-order valence-corrected chi connectivity index (χ0v) is 10.7. The Hall–Kier alpha value is -1.06. The number of nitrogens with one attached hydrogen (secondary N) is 1. The Morgan fingerprint density at radius 2 is 1.78 bits per heavy atom. The summed E-state index contributed by atoms with van der Waals surface area (Å²) in [5.74, 6) is -0.707. The lowest BCUT2D eigenvalue weighted by atomic mass is 9.88. The van der Waals surface area contributed by atoms with Crippen molar-refractivity contribution in [2.75, 3.05) is 0 Å². The molecule has 1 atom stereocenters. The van der Waals surface area contributed by atoms with Crippen LogP contribution >= 0.6 is 0 Å². The molecule has 1 rings (SSSR count). The number of amides is 1. The van der Waals surface area contributed by atoms with Crippen LogP contribution in [0.25, 0.3) is 0 Å². The number of aliphatic carboxylic acids is 1. The van der Waals surface area contributed by atoms with Gasteiger partial charge in [0.1, 0.15) is 6.04 Å². The molecule has 0 saturated heterocycles. The maximum absolute atomic E-state index is 11.9. The lowest BCUT2D eigenvalue weighted by Crippen LogP contribution is -2.44. The molecule has 106 valence electrons. The van der Waals surface area contributed by atoms with Gasteiger partial charge >= 0.3 is 5.97 Å². The molecule has 2 N–H and O–H groups in total. The summed E-state index contributed by atoms with van der Waals surface area (Å²) in [5, 5.41) is 11.7. The molecule has 0 aliphatic heterocycles. The van der Waals surface area contributed by atoms with Crippen molar-refractivity contribution in [3.63, 3.8) is 0 Å². The molecule has 0 aromatic rings. The molecule has 0 aromatic heterocycles. The van der Waals surface area contributed by atoms with E-state index in [4.69, 9.17) is 5.11 Å². The smallest absolute Gasteiger partial charge is 0.326 e. The van der Waals surface area contributed by atoms with Crippen LogP contribution < -0.4 is 5.32 Å². The number of carboxylic acid groups (broad SMARTS) is 1. The third kappa shape index (κ3) is 5.52. The standard InChI is InChI=1S/C13H23NO3.CH4/c1-9(2)8-11(13(16)17)14-12(15)10-6-4-3-5-7-10;/h9-11H,3-8H2,1-2H3,(H,14,15)(H,16,17);1H4/t11-;/m0./s1. The highest BCUT2D eigenvalue weighted by atomic mass is 16.4. The summed E-state index contributed by atoms with van der Waals surface area (Å²) < 4.78 is 0. The van der Waals surface area contributed by atoms with Crippen LogP contribution in [0.3, 0.4) is 0 Å². The number of hydrogen-bond donors (Lipinski definition) is 2. The van der Waals surface area contributed by atoms with Crippen molar-refractivity contribution in [2.45, 2.75) is 65.8 Å². The third-order valence-electron chi connectivity index (χ3n) is 3.30. The van der Waals surface area contributed by atoms with Crippen molar-refractivity contribution < 1.29 is 14.7 Å². The molecule has 1 aliphatic carbocycles. The van der Waals surface area contributed by atoms with Crippen LogP contribution in [0.4, 0.5) is 0 Å². The van der Waals surface area contributed by atoms with E-state index < -0.39 is 12.0 Å². The largest absolute Gasteiger partial charge is 0.480 e. The number of carbonyl (C=O) groups is 2. The van der Waals surface area contributed by atoms with Gasteiger partial charge in [-0.2, -0.15) is 0 Å². The number of carboxylic acids is 1. The van der Waals surface area contributed by atoms with Gasteiger partial charge in [0.25, 0.3) is 0 Å². The Morgan fingerprint density at radius 1 is 1.22 bits per heavy atom. The van der Waals surface area contributed by atoms with Gasteiger partial charge < -0.3 is 10.4 Å². The first kappa shape index (κ1) is 16.9. The zero-order valence-electron chi connectivity index (χ0n) is 10.7. The summed E-state index contributed by atoms with van der Waals surface area (Å²) in [6.07, 6.45) is 5.66. The van der Waals surface area contributed by atoms with Crippen LogP contribution in [0, 0.1) is 11.8 Å².